The van der Waals surface area contributed by atoms with E-state index in [1.54, 1.807) is 0 Å². The molecule has 2 aliphatic carbocycles. The fourth-order valence-corrected chi connectivity index (χ4v) is 4.26. The Labute approximate surface area is 88.2 Å². The van der Waals surface area contributed by atoms with Crippen LogP contribution < -0.4 is 0 Å². The van der Waals surface area contributed by atoms with Crippen LogP contribution in [0.5, 0.6) is 0 Å². The molecule has 1 heteroatoms. The van der Waals surface area contributed by atoms with E-state index in [-0.39, 0.29) is 0 Å². The normalized spacial score (nSPS) is 48.4. The first kappa shape index (κ1) is 10.5. The Bertz CT molecular complexity index is 207. The van der Waals surface area contributed by atoms with Gasteiger partial charge >= 0.3 is 0 Å². The predicted molar refractivity (Wildman–Crippen MR) is 59.3 cm³/mol. The van der Waals surface area contributed by atoms with E-state index in [0.29, 0.717) is 16.9 Å². The molecule has 0 aliphatic heterocycles. The molecule has 14 heavy (non-hydrogen) atoms. The van der Waals surface area contributed by atoms with Crippen LogP contribution in [-0.2, 0) is 4.74 Å². The van der Waals surface area contributed by atoms with Crippen LogP contribution in [-0.4, -0.2) is 12.7 Å². The molecule has 0 saturated heterocycles. The van der Waals surface area contributed by atoms with Crippen molar-refractivity contribution < 1.29 is 4.74 Å². The minimum Gasteiger partial charge on any atom is -0.378 e. The van der Waals surface area contributed by atoms with Crippen molar-refractivity contribution in [3.63, 3.8) is 0 Å². The second-order valence-corrected chi connectivity index (χ2v) is 5.68. The summed E-state index contributed by atoms with van der Waals surface area (Å²) in [7, 11) is 0. The Hall–Kier alpha value is -0.0400. The molecule has 0 aromatic carbocycles. The summed E-state index contributed by atoms with van der Waals surface area (Å²) >= 11 is 0. The van der Waals surface area contributed by atoms with E-state index in [0.717, 1.165) is 12.5 Å². The van der Waals surface area contributed by atoms with E-state index in [4.69, 9.17) is 4.74 Å². The molecule has 0 spiro atoms. The van der Waals surface area contributed by atoms with Gasteiger partial charge in [0.15, 0.2) is 0 Å². The van der Waals surface area contributed by atoms with Crippen LogP contribution in [0.25, 0.3) is 0 Å². The summed E-state index contributed by atoms with van der Waals surface area (Å²) in [6.45, 7) is 10.2. The Balaban J connectivity index is 2.08. The third kappa shape index (κ3) is 1.18. The van der Waals surface area contributed by atoms with Gasteiger partial charge in [0, 0.05) is 6.61 Å². The van der Waals surface area contributed by atoms with E-state index in [2.05, 4.69) is 27.7 Å². The third-order valence-corrected chi connectivity index (χ3v) is 5.14. The molecule has 0 radical (unpaired) electrons. The second-order valence-electron chi connectivity index (χ2n) is 5.68. The Morgan fingerprint density at radius 2 is 1.71 bits per heavy atom. The highest BCUT2D eigenvalue weighted by atomic mass is 16.5. The molecule has 0 unspecified atom stereocenters. The number of hydrogen-bond acceptors (Lipinski definition) is 1. The lowest BCUT2D eigenvalue weighted by atomic mass is 9.82. The first-order valence-corrected chi connectivity index (χ1v) is 6.18. The van der Waals surface area contributed by atoms with E-state index >= 15 is 0 Å². The van der Waals surface area contributed by atoms with Gasteiger partial charge in [0.1, 0.15) is 0 Å². The number of fused-ring (bicyclic) bond motifs is 1. The quantitative estimate of drug-likeness (QED) is 0.670. The summed E-state index contributed by atoms with van der Waals surface area (Å²) in [5.41, 5.74) is 1.19. The average Bonchev–Trinajstić information content (AvgIpc) is 2.63. The molecule has 1 nitrogen and oxygen atoms in total. The van der Waals surface area contributed by atoms with E-state index in [1.807, 2.05) is 0 Å². The highest BCUT2D eigenvalue weighted by molar-refractivity contribution is 5.20. The molecule has 0 heterocycles. The molecular weight excluding hydrogens is 172 g/mol. The molecular formula is C13H24O. The van der Waals surface area contributed by atoms with Gasteiger partial charge in [0.2, 0.25) is 0 Å². The number of hydrogen-bond donors (Lipinski definition) is 0. The van der Waals surface area contributed by atoms with Crippen LogP contribution in [0.1, 0.15) is 53.4 Å². The topological polar surface area (TPSA) is 9.23 Å². The van der Waals surface area contributed by atoms with Crippen LogP contribution in [0.15, 0.2) is 0 Å². The zero-order valence-corrected chi connectivity index (χ0v) is 10.1. The Morgan fingerprint density at radius 3 is 2.14 bits per heavy atom. The maximum Gasteiger partial charge on any atom is 0.0585 e. The molecule has 0 aromatic rings. The summed E-state index contributed by atoms with van der Waals surface area (Å²) in [5, 5.41) is 0. The summed E-state index contributed by atoms with van der Waals surface area (Å²) in [6, 6.07) is 0. The van der Waals surface area contributed by atoms with E-state index in [1.165, 1.54) is 25.7 Å². The highest BCUT2D eigenvalue weighted by Crippen LogP contribution is 2.76. The lowest BCUT2D eigenvalue weighted by Crippen LogP contribution is -2.15. The average molecular weight is 196 g/mol. The van der Waals surface area contributed by atoms with E-state index in [9.17, 15) is 0 Å². The van der Waals surface area contributed by atoms with Crippen molar-refractivity contribution in [2.75, 3.05) is 6.61 Å². The van der Waals surface area contributed by atoms with Crippen molar-refractivity contribution in [1.82, 2.24) is 0 Å². The molecule has 2 aliphatic rings. The minimum atomic E-state index is 0.466. The Kier molecular flexibility index (Phi) is 2.42. The van der Waals surface area contributed by atoms with Crippen molar-refractivity contribution in [2.45, 2.75) is 59.5 Å². The van der Waals surface area contributed by atoms with Gasteiger partial charge < -0.3 is 4.74 Å². The first-order chi connectivity index (χ1) is 6.56. The number of ether oxygens (including phenoxy) is 1. The van der Waals surface area contributed by atoms with Crippen LogP contribution >= 0.6 is 0 Å². The minimum absolute atomic E-state index is 0.466. The van der Waals surface area contributed by atoms with Crippen LogP contribution in [0.3, 0.4) is 0 Å². The van der Waals surface area contributed by atoms with Gasteiger partial charge in [0.05, 0.1) is 6.10 Å². The standard InChI is InChI=1S/C13H24O/c1-5-14-10(2)11-12(3)8-6-7-9-13(11,12)4/h10-11H,5-9H2,1-4H3/t10-,12+,13+/m0/s1. The van der Waals surface area contributed by atoms with Crippen LogP contribution in [0, 0.1) is 16.7 Å². The molecule has 0 N–H and O–H groups in total. The molecule has 0 amide bonds. The molecule has 0 aromatic heterocycles. The lowest BCUT2D eigenvalue weighted by Gasteiger charge is -2.23. The van der Waals surface area contributed by atoms with Gasteiger partial charge in [-0.1, -0.05) is 26.7 Å². The van der Waals surface area contributed by atoms with Crippen LogP contribution in [0.2, 0.25) is 0 Å². The maximum atomic E-state index is 5.79. The first-order valence-electron chi connectivity index (χ1n) is 6.18. The lowest BCUT2D eigenvalue weighted by molar-refractivity contribution is 0.0461. The van der Waals surface area contributed by atoms with Crippen molar-refractivity contribution >= 4 is 0 Å². The maximum absolute atomic E-state index is 5.79. The van der Waals surface area contributed by atoms with Gasteiger partial charge in [-0.05, 0) is 43.4 Å². The van der Waals surface area contributed by atoms with Crippen molar-refractivity contribution in [3.05, 3.63) is 0 Å². The van der Waals surface area contributed by atoms with Crippen molar-refractivity contribution in [2.24, 2.45) is 16.7 Å². The largest absolute Gasteiger partial charge is 0.378 e. The fraction of sp³-hybridized carbons (Fsp3) is 1.00. The van der Waals surface area contributed by atoms with Gasteiger partial charge in [-0.25, -0.2) is 0 Å². The monoisotopic (exact) mass is 196 g/mol. The summed E-state index contributed by atoms with van der Waals surface area (Å²) in [5.74, 6) is 0.817. The van der Waals surface area contributed by atoms with Crippen molar-refractivity contribution in [1.29, 1.82) is 0 Å². The molecule has 3 atom stereocenters. The van der Waals surface area contributed by atoms with Gasteiger partial charge in [-0.3, -0.25) is 0 Å². The summed E-state index contributed by atoms with van der Waals surface area (Å²) < 4.78 is 5.79. The molecule has 0 bridgehead atoms. The Morgan fingerprint density at radius 1 is 1.21 bits per heavy atom. The molecule has 2 saturated carbocycles. The second kappa shape index (κ2) is 3.23. The number of rotatable bonds is 3. The third-order valence-electron chi connectivity index (χ3n) is 5.14. The fourth-order valence-electron chi connectivity index (χ4n) is 4.26. The zero-order chi connectivity index (χ0) is 10.4. The SMILES string of the molecule is CCO[C@@H](C)C1[C@@]2(C)CCCC[C@]12C. The van der Waals surface area contributed by atoms with Gasteiger partial charge in [-0.2, -0.15) is 0 Å². The molecule has 2 rings (SSSR count). The van der Waals surface area contributed by atoms with Gasteiger partial charge in [0.25, 0.3) is 0 Å². The zero-order valence-electron chi connectivity index (χ0n) is 10.1. The molecule has 82 valence electrons. The van der Waals surface area contributed by atoms with Crippen LogP contribution in [0.4, 0.5) is 0 Å². The van der Waals surface area contributed by atoms with E-state index < -0.39 is 0 Å². The smallest absolute Gasteiger partial charge is 0.0585 e. The molecule has 2 fully saturated rings. The van der Waals surface area contributed by atoms with Crippen molar-refractivity contribution in [3.8, 4) is 0 Å². The predicted octanol–water partition coefficient (Wildman–Crippen LogP) is 3.63. The summed E-state index contributed by atoms with van der Waals surface area (Å²) in [4.78, 5) is 0. The highest BCUT2D eigenvalue weighted by Gasteiger charge is 2.72. The summed E-state index contributed by atoms with van der Waals surface area (Å²) in [6.07, 6.45) is 6.17. The van der Waals surface area contributed by atoms with Gasteiger partial charge in [-0.15, -0.1) is 0 Å².